The minimum Gasteiger partial charge on any atom is -0.495 e. The standard InChI is InChI=1S/C23H26N2O5/c1-14-5-8-18(9-6-14)25-13-17(12-21(25)26)23(28)30-16(3)22(27)24-19-11-15(2)7-10-20(19)29-4/h5-11,16-17H,12-13H2,1-4H3,(H,24,27)/t16-,17-/m1/s1. The Morgan fingerprint density at radius 2 is 1.77 bits per heavy atom. The van der Waals surface area contributed by atoms with Gasteiger partial charge in [0.2, 0.25) is 5.91 Å². The monoisotopic (exact) mass is 410 g/mol. The number of nitrogens with zero attached hydrogens (tertiary/aromatic N) is 1. The lowest BCUT2D eigenvalue weighted by atomic mass is 10.1. The second-order valence-corrected chi connectivity index (χ2v) is 7.51. The average molecular weight is 410 g/mol. The zero-order valence-corrected chi connectivity index (χ0v) is 17.6. The third-order valence-corrected chi connectivity index (χ3v) is 5.08. The van der Waals surface area contributed by atoms with Gasteiger partial charge in [0.25, 0.3) is 5.91 Å². The van der Waals surface area contributed by atoms with Gasteiger partial charge in [-0.1, -0.05) is 23.8 Å². The van der Waals surface area contributed by atoms with Crippen molar-refractivity contribution in [3.63, 3.8) is 0 Å². The number of rotatable bonds is 6. The Morgan fingerprint density at radius 3 is 2.43 bits per heavy atom. The number of carbonyl (C=O) groups is 3. The number of carbonyl (C=O) groups excluding carboxylic acids is 3. The molecule has 1 saturated heterocycles. The van der Waals surface area contributed by atoms with Gasteiger partial charge in [-0.15, -0.1) is 0 Å². The molecule has 1 fully saturated rings. The Hall–Kier alpha value is -3.35. The summed E-state index contributed by atoms with van der Waals surface area (Å²) in [5, 5.41) is 2.73. The minimum absolute atomic E-state index is 0.0623. The summed E-state index contributed by atoms with van der Waals surface area (Å²) in [6, 6.07) is 12.9. The van der Waals surface area contributed by atoms with Crippen LogP contribution in [0.15, 0.2) is 42.5 Å². The molecule has 1 heterocycles. The van der Waals surface area contributed by atoms with Crippen LogP contribution in [-0.4, -0.2) is 37.5 Å². The lowest BCUT2D eigenvalue weighted by Gasteiger charge is -2.18. The third kappa shape index (κ3) is 4.79. The van der Waals surface area contributed by atoms with Crippen molar-refractivity contribution in [2.45, 2.75) is 33.3 Å². The van der Waals surface area contributed by atoms with Crippen molar-refractivity contribution in [3.8, 4) is 5.75 Å². The smallest absolute Gasteiger partial charge is 0.312 e. The van der Waals surface area contributed by atoms with Crippen molar-refractivity contribution in [1.82, 2.24) is 0 Å². The normalized spacial score (nSPS) is 16.9. The van der Waals surface area contributed by atoms with Crippen LogP contribution in [0, 0.1) is 19.8 Å². The highest BCUT2D eigenvalue weighted by Crippen LogP contribution is 2.27. The van der Waals surface area contributed by atoms with E-state index in [1.165, 1.54) is 14.0 Å². The number of nitrogens with one attached hydrogen (secondary N) is 1. The van der Waals surface area contributed by atoms with E-state index in [9.17, 15) is 14.4 Å². The molecule has 7 nitrogen and oxygen atoms in total. The summed E-state index contributed by atoms with van der Waals surface area (Å²) in [7, 11) is 1.51. The SMILES string of the molecule is COc1ccc(C)cc1NC(=O)[C@@H](C)OC(=O)[C@@H]1CC(=O)N(c2ccc(C)cc2)C1. The fraction of sp³-hybridized carbons (Fsp3) is 0.348. The molecule has 2 aromatic rings. The van der Waals surface area contributed by atoms with Crippen LogP contribution in [0.4, 0.5) is 11.4 Å². The van der Waals surface area contributed by atoms with Crippen LogP contribution in [0.3, 0.4) is 0 Å². The lowest BCUT2D eigenvalue weighted by molar-refractivity contribution is -0.157. The molecule has 0 bridgehead atoms. The molecule has 0 aliphatic carbocycles. The van der Waals surface area contributed by atoms with Gasteiger partial charge >= 0.3 is 5.97 Å². The lowest BCUT2D eigenvalue weighted by Crippen LogP contribution is -2.33. The number of anilines is 2. The van der Waals surface area contributed by atoms with Crippen LogP contribution in [0.2, 0.25) is 0 Å². The number of aryl methyl sites for hydroxylation is 2. The van der Waals surface area contributed by atoms with Gasteiger partial charge in [-0.25, -0.2) is 0 Å². The van der Waals surface area contributed by atoms with Crippen LogP contribution in [0.25, 0.3) is 0 Å². The van der Waals surface area contributed by atoms with Crippen molar-refractivity contribution in [3.05, 3.63) is 53.6 Å². The molecule has 158 valence electrons. The molecule has 0 aromatic heterocycles. The molecule has 30 heavy (non-hydrogen) atoms. The van der Waals surface area contributed by atoms with E-state index in [0.29, 0.717) is 11.4 Å². The molecule has 1 aliphatic heterocycles. The van der Waals surface area contributed by atoms with Gasteiger partial charge in [0.1, 0.15) is 5.75 Å². The van der Waals surface area contributed by atoms with E-state index in [1.54, 1.807) is 17.0 Å². The van der Waals surface area contributed by atoms with Crippen LogP contribution in [0.5, 0.6) is 5.75 Å². The first-order valence-electron chi connectivity index (χ1n) is 9.81. The Balaban J connectivity index is 1.60. The van der Waals surface area contributed by atoms with Crippen molar-refractivity contribution < 1.29 is 23.9 Å². The first-order valence-corrected chi connectivity index (χ1v) is 9.81. The van der Waals surface area contributed by atoms with Gasteiger partial charge in [-0.05, 0) is 50.6 Å². The number of amides is 2. The number of benzene rings is 2. The molecule has 0 spiro atoms. The van der Waals surface area contributed by atoms with Crippen LogP contribution >= 0.6 is 0 Å². The highest BCUT2D eigenvalue weighted by molar-refractivity contribution is 6.00. The maximum Gasteiger partial charge on any atom is 0.312 e. The van der Waals surface area contributed by atoms with E-state index >= 15 is 0 Å². The van der Waals surface area contributed by atoms with Gasteiger partial charge in [0.05, 0.1) is 18.7 Å². The molecule has 1 aliphatic rings. The highest BCUT2D eigenvalue weighted by Gasteiger charge is 2.37. The molecule has 0 saturated carbocycles. The van der Waals surface area contributed by atoms with Crippen LogP contribution < -0.4 is 15.0 Å². The summed E-state index contributed by atoms with van der Waals surface area (Å²) in [6.45, 7) is 5.61. The van der Waals surface area contributed by atoms with Gasteiger partial charge in [-0.2, -0.15) is 0 Å². The maximum atomic E-state index is 12.6. The number of esters is 1. The summed E-state index contributed by atoms with van der Waals surface area (Å²) < 4.78 is 10.6. The van der Waals surface area contributed by atoms with Crippen molar-refractivity contribution >= 4 is 29.2 Å². The summed E-state index contributed by atoms with van der Waals surface area (Å²) in [5.41, 5.74) is 3.30. The molecule has 7 heteroatoms. The first kappa shape index (κ1) is 21.4. The van der Waals surface area contributed by atoms with Gasteiger partial charge < -0.3 is 19.7 Å². The quantitative estimate of drug-likeness (QED) is 0.739. The molecule has 3 rings (SSSR count). The van der Waals surface area contributed by atoms with Crippen LogP contribution in [0.1, 0.15) is 24.5 Å². The van der Waals surface area contributed by atoms with Crippen molar-refractivity contribution in [1.29, 1.82) is 0 Å². The number of hydrogen-bond acceptors (Lipinski definition) is 5. The maximum absolute atomic E-state index is 12.6. The van der Waals surface area contributed by atoms with Crippen LogP contribution in [-0.2, 0) is 19.1 Å². The Bertz CT molecular complexity index is 955. The summed E-state index contributed by atoms with van der Waals surface area (Å²) in [5.74, 6) is -1.25. The Morgan fingerprint density at radius 1 is 1.10 bits per heavy atom. The topological polar surface area (TPSA) is 84.9 Å². The second-order valence-electron chi connectivity index (χ2n) is 7.51. The summed E-state index contributed by atoms with van der Waals surface area (Å²) >= 11 is 0. The highest BCUT2D eigenvalue weighted by atomic mass is 16.5. The number of ether oxygens (including phenoxy) is 2. The number of methoxy groups -OCH3 is 1. The predicted molar refractivity (Wildman–Crippen MR) is 114 cm³/mol. The minimum atomic E-state index is -1.01. The van der Waals surface area contributed by atoms with E-state index in [-0.39, 0.29) is 18.9 Å². The summed E-state index contributed by atoms with van der Waals surface area (Å²) in [6.07, 6.45) is -0.946. The molecular formula is C23H26N2O5. The van der Waals surface area contributed by atoms with E-state index < -0.39 is 23.9 Å². The molecule has 0 unspecified atom stereocenters. The molecule has 0 radical (unpaired) electrons. The Labute approximate surface area is 176 Å². The molecule has 2 atom stereocenters. The van der Waals surface area contributed by atoms with Gasteiger partial charge in [0, 0.05) is 18.7 Å². The zero-order chi connectivity index (χ0) is 21.8. The Kier molecular flexibility index (Phi) is 6.40. The molecular weight excluding hydrogens is 384 g/mol. The zero-order valence-electron chi connectivity index (χ0n) is 17.6. The van der Waals surface area contributed by atoms with E-state index in [0.717, 1.165) is 16.8 Å². The van der Waals surface area contributed by atoms with E-state index in [4.69, 9.17) is 9.47 Å². The fourth-order valence-corrected chi connectivity index (χ4v) is 3.32. The largest absolute Gasteiger partial charge is 0.495 e. The summed E-state index contributed by atoms with van der Waals surface area (Å²) in [4.78, 5) is 39.0. The average Bonchev–Trinajstić information content (AvgIpc) is 3.10. The van der Waals surface area contributed by atoms with E-state index in [2.05, 4.69) is 5.32 Å². The van der Waals surface area contributed by atoms with Gasteiger partial charge in [0.15, 0.2) is 6.10 Å². The molecule has 2 aromatic carbocycles. The fourth-order valence-electron chi connectivity index (χ4n) is 3.32. The predicted octanol–water partition coefficient (Wildman–Crippen LogP) is 3.24. The van der Waals surface area contributed by atoms with Crippen molar-refractivity contribution in [2.24, 2.45) is 5.92 Å². The first-order chi connectivity index (χ1) is 14.3. The molecule has 1 N–H and O–H groups in total. The number of hydrogen-bond donors (Lipinski definition) is 1. The van der Waals surface area contributed by atoms with Crippen molar-refractivity contribution in [2.75, 3.05) is 23.9 Å². The third-order valence-electron chi connectivity index (χ3n) is 5.08. The van der Waals surface area contributed by atoms with E-state index in [1.807, 2.05) is 44.2 Å². The molecule has 2 amide bonds. The van der Waals surface area contributed by atoms with Gasteiger partial charge in [-0.3, -0.25) is 14.4 Å². The second kappa shape index (κ2) is 8.98.